The van der Waals surface area contributed by atoms with Crippen LogP contribution in [0.2, 0.25) is 0 Å². The summed E-state index contributed by atoms with van der Waals surface area (Å²) < 4.78 is 15.6. The van der Waals surface area contributed by atoms with Gasteiger partial charge in [0.2, 0.25) is 0 Å². The molecule has 1 aliphatic heterocycles. The Kier molecular flexibility index (Phi) is 6.04. The average molecular weight is 384 g/mol. The number of nitriles is 1. The van der Waals surface area contributed by atoms with Gasteiger partial charge in [-0.25, -0.2) is 4.79 Å². The van der Waals surface area contributed by atoms with Crippen molar-refractivity contribution in [3.63, 3.8) is 0 Å². The van der Waals surface area contributed by atoms with Crippen LogP contribution in [0.15, 0.2) is 18.3 Å². The van der Waals surface area contributed by atoms with Crippen molar-refractivity contribution < 1.29 is 19.0 Å². The molecule has 1 saturated heterocycles. The highest BCUT2D eigenvalue weighted by molar-refractivity contribution is 5.96. The lowest BCUT2D eigenvalue weighted by Gasteiger charge is -2.34. The van der Waals surface area contributed by atoms with E-state index in [1.165, 1.54) is 0 Å². The molecule has 2 aromatic rings. The van der Waals surface area contributed by atoms with Gasteiger partial charge in [0.05, 0.1) is 37.6 Å². The Morgan fingerprint density at radius 1 is 1.29 bits per heavy atom. The summed E-state index contributed by atoms with van der Waals surface area (Å²) in [6, 6.07) is 5.97. The lowest BCUT2D eigenvalue weighted by molar-refractivity contribution is 0.146. The molecule has 8 nitrogen and oxygen atoms in total. The number of pyridine rings is 1. The molecule has 0 unspecified atom stereocenters. The number of carbonyl (C=O) groups is 1. The number of hydrogen-bond donors (Lipinski definition) is 1. The molecule has 1 aliphatic rings. The summed E-state index contributed by atoms with van der Waals surface area (Å²) >= 11 is 0. The lowest BCUT2D eigenvalue weighted by Crippen LogP contribution is -2.34. The smallest absolute Gasteiger partial charge is 0.404 e. The van der Waals surface area contributed by atoms with E-state index in [0.29, 0.717) is 29.6 Å². The monoisotopic (exact) mass is 384 g/mol. The van der Waals surface area contributed by atoms with E-state index in [0.717, 1.165) is 48.9 Å². The minimum atomic E-state index is -0.733. The molecule has 0 spiro atoms. The minimum Gasteiger partial charge on any atom is -0.493 e. The molecule has 2 heterocycles. The van der Waals surface area contributed by atoms with Crippen LogP contribution in [0, 0.1) is 17.2 Å². The Bertz CT molecular complexity index is 901. The second-order valence-corrected chi connectivity index (χ2v) is 6.74. The maximum Gasteiger partial charge on any atom is 0.404 e. The number of carbonyl (C=O) groups excluding carboxylic acids is 1. The van der Waals surface area contributed by atoms with Crippen molar-refractivity contribution in [1.82, 2.24) is 4.98 Å². The number of benzene rings is 1. The number of methoxy groups -OCH3 is 2. The molecule has 148 valence electrons. The number of aromatic nitrogens is 1. The molecule has 3 rings (SSSR count). The van der Waals surface area contributed by atoms with Crippen molar-refractivity contribution in [2.45, 2.75) is 19.3 Å². The van der Waals surface area contributed by atoms with Crippen LogP contribution in [-0.4, -0.2) is 45.0 Å². The Balaban J connectivity index is 1.86. The SMILES string of the molecule is COc1cc2ncc(C#N)c(N3CCC(CCOC(N)=O)CC3)c2cc1OC. The van der Waals surface area contributed by atoms with Crippen molar-refractivity contribution in [2.75, 3.05) is 38.8 Å². The van der Waals surface area contributed by atoms with E-state index in [1.54, 1.807) is 20.4 Å². The van der Waals surface area contributed by atoms with Crippen molar-refractivity contribution >= 4 is 22.7 Å². The predicted molar refractivity (Wildman–Crippen MR) is 105 cm³/mol. The third-order valence-electron chi connectivity index (χ3n) is 5.17. The zero-order valence-electron chi connectivity index (χ0n) is 16.1. The minimum absolute atomic E-state index is 0.346. The highest BCUT2D eigenvalue weighted by atomic mass is 16.5. The highest BCUT2D eigenvalue weighted by Gasteiger charge is 2.24. The number of nitrogens with zero attached hydrogens (tertiary/aromatic N) is 3. The molecule has 1 amide bonds. The van der Waals surface area contributed by atoms with Gasteiger partial charge in [-0.2, -0.15) is 5.26 Å². The number of amides is 1. The first kappa shape index (κ1) is 19.5. The van der Waals surface area contributed by atoms with Crippen molar-refractivity contribution in [2.24, 2.45) is 11.7 Å². The van der Waals surface area contributed by atoms with Gasteiger partial charge in [-0.05, 0) is 31.2 Å². The number of primary amides is 1. The standard InChI is InChI=1S/C20H24N4O4/c1-26-17-9-15-16(10-18(17)27-2)23-12-14(11-21)19(15)24-6-3-13(4-7-24)5-8-28-20(22)25/h9-10,12-13H,3-8H2,1-2H3,(H2,22,25). The molecule has 0 saturated carbocycles. The molecule has 0 radical (unpaired) electrons. The molecule has 1 aromatic heterocycles. The largest absolute Gasteiger partial charge is 0.493 e. The quantitative estimate of drug-likeness (QED) is 0.815. The third-order valence-corrected chi connectivity index (χ3v) is 5.17. The number of ether oxygens (including phenoxy) is 3. The summed E-state index contributed by atoms with van der Waals surface area (Å²) in [5, 5.41) is 10.5. The second kappa shape index (κ2) is 8.65. The van der Waals surface area contributed by atoms with Gasteiger partial charge < -0.3 is 24.8 Å². The highest BCUT2D eigenvalue weighted by Crippen LogP contribution is 2.38. The van der Waals surface area contributed by atoms with Gasteiger partial charge in [0, 0.05) is 30.7 Å². The van der Waals surface area contributed by atoms with Gasteiger partial charge in [0.1, 0.15) is 6.07 Å². The summed E-state index contributed by atoms with van der Waals surface area (Å²) in [6.45, 7) is 1.96. The van der Waals surface area contributed by atoms with Gasteiger partial charge >= 0.3 is 6.09 Å². The summed E-state index contributed by atoms with van der Waals surface area (Å²) in [5.41, 5.74) is 7.18. The fraction of sp³-hybridized carbons (Fsp3) is 0.450. The van der Waals surface area contributed by atoms with E-state index >= 15 is 0 Å². The maximum atomic E-state index is 10.7. The van der Waals surface area contributed by atoms with E-state index in [2.05, 4.69) is 16.0 Å². The van der Waals surface area contributed by atoms with Gasteiger partial charge in [-0.1, -0.05) is 0 Å². The zero-order valence-corrected chi connectivity index (χ0v) is 16.1. The van der Waals surface area contributed by atoms with E-state index < -0.39 is 6.09 Å². The summed E-state index contributed by atoms with van der Waals surface area (Å²) in [4.78, 5) is 17.3. The molecule has 8 heteroatoms. The number of nitrogens with two attached hydrogens (primary N) is 1. The van der Waals surface area contributed by atoms with Crippen LogP contribution in [0.4, 0.5) is 10.5 Å². The number of anilines is 1. The number of piperidine rings is 1. The van der Waals surface area contributed by atoms with Crippen LogP contribution >= 0.6 is 0 Å². The van der Waals surface area contributed by atoms with Gasteiger partial charge in [-0.3, -0.25) is 4.98 Å². The van der Waals surface area contributed by atoms with Crippen LogP contribution in [-0.2, 0) is 4.74 Å². The van der Waals surface area contributed by atoms with Crippen LogP contribution < -0.4 is 20.1 Å². The molecule has 0 aliphatic carbocycles. The number of rotatable bonds is 6. The van der Waals surface area contributed by atoms with Crippen molar-refractivity contribution in [3.05, 3.63) is 23.9 Å². The fourth-order valence-electron chi connectivity index (χ4n) is 3.70. The molecular formula is C20H24N4O4. The first-order valence-corrected chi connectivity index (χ1v) is 9.19. The normalized spacial score (nSPS) is 14.5. The Morgan fingerprint density at radius 2 is 1.96 bits per heavy atom. The lowest BCUT2D eigenvalue weighted by atomic mass is 9.93. The van der Waals surface area contributed by atoms with Crippen LogP contribution in [0.1, 0.15) is 24.8 Å². The molecule has 0 bridgehead atoms. The third kappa shape index (κ3) is 4.03. The van der Waals surface area contributed by atoms with Gasteiger partial charge in [-0.15, -0.1) is 0 Å². The average Bonchev–Trinajstić information content (AvgIpc) is 2.72. The number of fused-ring (bicyclic) bond motifs is 1. The predicted octanol–water partition coefficient (Wildman–Crippen LogP) is 2.83. The van der Waals surface area contributed by atoms with Gasteiger partial charge in [0.15, 0.2) is 11.5 Å². The fourth-order valence-corrected chi connectivity index (χ4v) is 3.70. The molecule has 0 atom stereocenters. The Morgan fingerprint density at radius 3 is 2.57 bits per heavy atom. The maximum absolute atomic E-state index is 10.7. The van der Waals surface area contributed by atoms with E-state index in [9.17, 15) is 10.1 Å². The summed E-state index contributed by atoms with van der Waals surface area (Å²) in [5.74, 6) is 1.67. The molecule has 1 fully saturated rings. The zero-order chi connectivity index (χ0) is 20.1. The number of hydrogen-bond acceptors (Lipinski definition) is 7. The van der Waals surface area contributed by atoms with Crippen molar-refractivity contribution in [1.29, 1.82) is 5.26 Å². The molecule has 2 N–H and O–H groups in total. The van der Waals surface area contributed by atoms with Crippen molar-refractivity contribution in [3.8, 4) is 17.6 Å². The van der Waals surface area contributed by atoms with Crippen LogP contribution in [0.5, 0.6) is 11.5 Å². The van der Waals surface area contributed by atoms with Gasteiger partial charge in [0.25, 0.3) is 0 Å². The van der Waals surface area contributed by atoms with E-state index in [1.807, 2.05) is 12.1 Å². The molecule has 28 heavy (non-hydrogen) atoms. The Hall–Kier alpha value is -3.21. The summed E-state index contributed by atoms with van der Waals surface area (Å²) in [6.07, 6.45) is 3.57. The molecular weight excluding hydrogens is 360 g/mol. The first-order chi connectivity index (χ1) is 13.6. The topological polar surface area (TPSA) is 111 Å². The first-order valence-electron chi connectivity index (χ1n) is 9.19. The van der Waals surface area contributed by atoms with Crippen LogP contribution in [0.3, 0.4) is 0 Å². The summed E-state index contributed by atoms with van der Waals surface area (Å²) in [7, 11) is 3.17. The second-order valence-electron chi connectivity index (χ2n) is 6.74. The Labute approximate surface area is 163 Å². The van der Waals surface area contributed by atoms with E-state index in [4.69, 9.17) is 19.9 Å². The molecule has 1 aromatic carbocycles. The van der Waals surface area contributed by atoms with E-state index in [-0.39, 0.29) is 0 Å². The van der Waals surface area contributed by atoms with Crippen LogP contribution in [0.25, 0.3) is 10.9 Å².